The van der Waals surface area contributed by atoms with E-state index in [2.05, 4.69) is 22.0 Å². The van der Waals surface area contributed by atoms with Gasteiger partial charge in [0.2, 0.25) is 0 Å². The van der Waals surface area contributed by atoms with Crippen LogP contribution in [0, 0.1) is 13.8 Å². The van der Waals surface area contributed by atoms with Gasteiger partial charge < -0.3 is 0 Å². The van der Waals surface area contributed by atoms with E-state index in [-0.39, 0.29) is 0 Å². The predicted molar refractivity (Wildman–Crippen MR) is 63.4 cm³/mol. The molecule has 84 valence electrons. The molecule has 0 aromatic carbocycles. The van der Waals surface area contributed by atoms with Crippen LogP contribution in [0.3, 0.4) is 0 Å². The van der Waals surface area contributed by atoms with Crippen LogP contribution in [-0.2, 0) is 6.54 Å². The van der Waals surface area contributed by atoms with Gasteiger partial charge in [-0.15, -0.1) is 0 Å². The average molecular weight is 237 g/mol. The maximum absolute atomic E-state index is 5.84. The molecule has 0 atom stereocenters. The van der Waals surface area contributed by atoms with E-state index in [1.165, 1.54) is 6.20 Å². The summed E-state index contributed by atoms with van der Waals surface area (Å²) in [4.78, 5) is 8.31. The van der Waals surface area contributed by atoms with E-state index >= 15 is 0 Å². The van der Waals surface area contributed by atoms with Gasteiger partial charge in [0.05, 0.1) is 23.8 Å². The Morgan fingerprint density at radius 3 is 2.62 bits per heavy atom. The highest BCUT2D eigenvalue weighted by Gasteiger charge is 2.14. The molecular formula is C11H13ClN4. The molecule has 0 radical (unpaired) electrons. The zero-order valence-electron chi connectivity index (χ0n) is 9.53. The standard InChI is InChI=1S/C11H13ClN4/c1-4-16-8(3)11(7(2)15-16)9-5-13-6-10(12)14-9/h5-6H,4H2,1-3H3. The lowest BCUT2D eigenvalue weighted by Crippen LogP contribution is -1.98. The van der Waals surface area contributed by atoms with Gasteiger partial charge in [-0.1, -0.05) is 11.6 Å². The Morgan fingerprint density at radius 1 is 1.31 bits per heavy atom. The molecule has 0 fully saturated rings. The second kappa shape index (κ2) is 4.22. The van der Waals surface area contributed by atoms with Crippen LogP contribution in [0.25, 0.3) is 11.3 Å². The van der Waals surface area contributed by atoms with E-state index in [4.69, 9.17) is 11.6 Å². The summed E-state index contributed by atoms with van der Waals surface area (Å²) in [6.45, 7) is 6.91. The molecule has 0 N–H and O–H groups in total. The molecule has 2 rings (SSSR count). The van der Waals surface area contributed by atoms with Crippen LogP contribution in [0.2, 0.25) is 5.15 Å². The molecule has 5 heteroatoms. The van der Waals surface area contributed by atoms with Crippen LogP contribution in [0.4, 0.5) is 0 Å². The smallest absolute Gasteiger partial charge is 0.148 e. The van der Waals surface area contributed by atoms with Gasteiger partial charge in [0, 0.05) is 17.8 Å². The Bertz CT molecular complexity index is 519. The molecule has 0 saturated heterocycles. The van der Waals surface area contributed by atoms with E-state index in [9.17, 15) is 0 Å². The molecular weight excluding hydrogens is 224 g/mol. The first kappa shape index (κ1) is 11.1. The van der Waals surface area contributed by atoms with Crippen molar-refractivity contribution < 1.29 is 0 Å². The monoisotopic (exact) mass is 236 g/mol. The van der Waals surface area contributed by atoms with Gasteiger partial charge in [0.15, 0.2) is 0 Å². The number of hydrogen-bond donors (Lipinski definition) is 0. The summed E-state index contributed by atoms with van der Waals surface area (Å²) in [5.41, 5.74) is 3.85. The number of halogens is 1. The summed E-state index contributed by atoms with van der Waals surface area (Å²) in [7, 11) is 0. The highest BCUT2D eigenvalue weighted by atomic mass is 35.5. The average Bonchev–Trinajstić information content (AvgIpc) is 2.53. The Balaban J connectivity index is 2.60. The largest absolute Gasteiger partial charge is 0.269 e. The van der Waals surface area contributed by atoms with Crippen LogP contribution in [0.5, 0.6) is 0 Å². The minimum absolute atomic E-state index is 0.403. The van der Waals surface area contributed by atoms with Crippen molar-refractivity contribution >= 4 is 11.6 Å². The molecule has 0 aliphatic carbocycles. The number of aromatic nitrogens is 4. The summed E-state index contributed by atoms with van der Waals surface area (Å²) in [6.07, 6.45) is 3.24. The van der Waals surface area contributed by atoms with Crippen molar-refractivity contribution in [1.82, 2.24) is 19.7 Å². The molecule has 0 unspecified atom stereocenters. The highest BCUT2D eigenvalue weighted by Crippen LogP contribution is 2.25. The van der Waals surface area contributed by atoms with Crippen molar-refractivity contribution in [3.8, 4) is 11.3 Å². The molecule has 2 aromatic rings. The predicted octanol–water partition coefficient (Wildman–Crippen LogP) is 2.63. The number of rotatable bonds is 2. The lowest BCUT2D eigenvalue weighted by molar-refractivity contribution is 0.634. The first-order valence-corrected chi connectivity index (χ1v) is 5.53. The fourth-order valence-corrected chi connectivity index (χ4v) is 1.99. The molecule has 2 heterocycles. The van der Waals surface area contributed by atoms with Crippen molar-refractivity contribution in [1.29, 1.82) is 0 Å². The second-order valence-corrected chi connectivity index (χ2v) is 3.98. The normalized spacial score (nSPS) is 10.8. The lowest BCUT2D eigenvalue weighted by atomic mass is 10.1. The summed E-state index contributed by atoms with van der Waals surface area (Å²) >= 11 is 5.84. The van der Waals surface area contributed by atoms with Crippen LogP contribution >= 0.6 is 11.6 Å². The van der Waals surface area contributed by atoms with Gasteiger partial charge in [-0.2, -0.15) is 5.10 Å². The molecule has 2 aromatic heterocycles. The van der Waals surface area contributed by atoms with Crippen LogP contribution < -0.4 is 0 Å². The lowest BCUT2D eigenvalue weighted by Gasteiger charge is -2.02. The Kier molecular flexibility index (Phi) is 2.92. The fourth-order valence-electron chi connectivity index (χ4n) is 1.84. The van der Waals surface area contributed by atoms with Gasteiger partial charge in [0.1, 0.15) is 5.15 Å². The van der Waals surface area contributed by atoms with Gasteiger partial charge in [-0.25, -0.2) is 4.98 Å². The Labute approximate surface area is 99.3 Å². The van der Waals surface area contributed by atoms with Crippen LogP contribution in [-0.4, -0.2) is 19.7 Å². The SMILES string of the molecule is CCn1nc(C)c(-c2cncc(Cl)n2)c1C. The minimum Gasteiger partial charge on any atom is -0.269 e. The van der Waals surface area contributed by atoms with Crippen LogP contribution in [0.1, 0.15) is 18.3 Å². The van der Waals surface area contributed by atoms with Crippen molar-refractivity contribution in [2.75, 3.05) is 0 Å². The fraction of sp³-hybridized carbons (Fsp3) is 0.364. The molecule has 0 saturated carbocycles. The number of aryl methyl sites for hydroxylation is 2. The maximum Gasteiger partial charge on any atom is 0.148 e. The van der Waals surface area contributed by atoms with E-state index in [0.29, 0.717) is 5.15 Å². The third kappa shape index (κ3) is 1.80. The van der Waals surface area contributed by atoms with Gasteiger partial charge in [0.25, 0.3) is 0 Å². The quantitative estimate of drug-likeness (QED) is 0.805. The Morgan fingerprint density at radius 2 is 2.06 bits per heavy atom. The zero-order chi connectivity index (χ0) is 11.7. The van der Waals surface area contributed by atoms with Gasteiger partial charge in [-0.05, 0) is 20.8 Å². The molecule has 0 spiro atoms. The maximum atomic E-state index is 5.84. The minimum atomic E-state index is 0.403. The van der Waals surface area contributed by atoms with Crippen molar-refractivity contribution in [2.24, 2.45) is 0 Å². The molecule has 0 aliphatic heterocycles. The number of hydrogen-bond acceptors (Lipinski definition) is 3. The third-order valence-corrected chi connectivity index (χ3v) is 2.72. The summed E-state index contributed by atoms with van der Waals surface area (Å²) in [5, 5.41) is 4.84. The summed E-state index contributed by atoms with van der Waals surface area (Å²) in [6, 6.07) is 0. The summed E-state index contributed by atoms with van der Waals surface area (Å²) in [5.74, 6) is 0. The Hall–Kier alpha value is -1.42. The van der Waals surface area contributed by atoms with Crippen LogP contribution in [0.15, 0.2) is 12.4 Å². The van der Waals surface area contributed by atoms with E-state index in [1.807, 2.05) is 18.5 Å². The van der Waals surface area contributed by atoms with E-state index in [0.717, 1.165) is 29.2 Å². The molecule has 4 nitrogen and oxygen atoms in total. The third-order valence-electron chi connectivity index (χ3n) is 2.54. The second-order valence-electron chi connectivity index (χ2n) is 3.59. The zero-order valence-corrected chi connectivity index (χ0v) is 10.3. The first-order chi connectivity index (χ1) is 7.63. The van der Waals surface area contributed by atoms with Gasteiger partial charge in [-0.3, -0.25) is 9.67 Å². The van der Waals surface area contributed by atoms with E-state index < -0.39 is 0 Å². The van der Waals surface area contributed by atoms with E-state index in [1.54, 1.807) is 6.20 Å². The van der Waals surface area contributed by atoms with Crippen molar-refractivity contribution in [3.63, 3.8) is 0 Å². The summed E-state index contributed by atoms with van der Waals surface area (Å²) < 4.78 is 1.95. The van der Waals surface area contributed by atoms with Gasteiger partial charge >= 0.3 is 0 Å². The highest BCUT2D eigenvalue weighted by molar-refractivity contribution is 6.29. The molecule has 0 aliphatic rings. The molecule has 16 heavy (non-hydrogen) atoms. The van der Waals surface area contributed by atoms with Crippen molar-refractivity contribution in [2.45, 2.75) is 27.3 Å². The molecule has 0 bridgehead atoms. The first-order valence-electron chi connectivity index (χ1n) is 5.15. The molecule has 0 amide bonds. The number of nitrogens with zero attached hydrogens (tertiary/aromatic N) is 4. The topological polar surface area (TPSA) is 43.6 Å². The van der Waals surface area contributed by atoms with Crippen molar-refractivity contribution in [3.05, 3.63) is 28.9 Å².